The minimum absolute atomic E-state index is 0.0406. The number of rotatable bonds is 5. The Morgan fingerprint density at radius 3 is 2.79 bits per heavy atom. The summed E-state index contributed by atoms with van der Waals surface area (Å²) in [6.07, 6.45) is 0.0406. The Hall–Kier alpha value is -2.96. The van der Waals surface area contributed by atoms with E-state index in [0.29, 0.717) is 21.0 Å². The first-order valence-electron chi connectivity index (χ1n) is 8.77. The Kier molecular flexibility index (Phi) is 5.22. The highest BCUT2D eigenvalue weighted by Crippen LogP contribution is 2.35. The molecule has 0 aliphatic rings. The number of anilines is 1. The van der Waals surface area contributed by atoms with Crippen LogP contribution in [0.1, 0.15) is 15.2 Å². The third kappa shape index (κ3) is 3.81. The van der Waals surface area contributed by atoms with E-state index in [4.69, 9.17) is 22.1 Å². The molecule has 7 heteroatoms. The first-order chi connectivity index (χ1) is 14.0. The maximum absolute atomic E-state index is 13.2. The minimum atomic E-state index is -0.443. The van der Waals surface area contributed by atoms with Crippen molar-refractivity contribution < 1.29 is 13.9 Å². The third-order valence-corrected chi connectivity index (χ3v) is 6.09. The van der Waals surface area contributed by atoms with Crippen LogP contribution in [0.15, 0.2) is 54.6 Å². The lowest BCUT2D eigenvalue weighted by atomic mass is 10.1. The minimum Gasteiger partial charge on any atom is -0.497 e. The van der Waals surface area contributed by atoms with Gasteiger partial charge in [0.25, 0.3) is 0 Å². The van der Waals surface area contributed by atoms with Gasteiger partial charge in [0.1, 0.15) is 16.4 Å². The normalized spacial score (nSPS) is 11.0. The van der Waals surface area contributed by atoms with E-state index in [9.17, 15) is 9.18 Å². The number of thiophene rings is 1. The number of pyridine rings is 1. The fraction of sp³-hybridized carbons (Fsp3) is 0.0909. The van der Waals surface area contributed by atoms with Crippen LogP contribution in [0.3, 0.4) is 0 Å². The summed E-state index contributed by atoms with van der Waals surface area (Å²) in [4.78, 5) is 18.6. The van der Waals surface area contributed by atoms with Crippen LogP contribution < -0.4 is 10.5 Å². The maximum Gasteiger partial charge on any atom is 0.179 e. The van der Waals surface area contributed by atoms with Crippen LogP contribution in [0, 0.1) is 5.82 Å². The monoisotopic (exact) mass is 426 g/mol. The smallest absolute Gasteiger partial charge is 0.179 e. The summed E-state index contributed by atoms with van der Waals surface area (Å²) in [6, 6.07) is 15.3. The number of halogens is 2. The van der Waals surface area contributed by atoms with Crippen molar-refractivity contribution in [2.75, 3.05) is 12.8 Å². The number of nitrogens with zero attached hydrogens (tertiary/aromatic N) is 1. The first kappa shape index (κ1) is 19.4. The van der Waals surface area contributed by atoms with E-state index in [1.54, 1.807) is 7.11 Å². The molecule has 0 amide bonds. The second-order valence-corrected chi connectivity index (χ2v) is 7.87. The largest absolute Gasteiger partial charge is 0.497 e. The number of hydrogen-bond acceptors (Lipinski definition) is 5. The van der Waals surface area contributed by atoms with E-state index in [0.717, 1.165) is 22.4 Å². The van der Waals surface area contributed by atoms with Gasteiger partial charge in [0, 0.05) is 22.4 Å². The highest BCUT2D eigenvalue weighted by Gasteiger charge is 2.19. The van der Waals surface area contributed by atoms with Gasteiger partial charge >= 0.3 is 0 Å². The van der Waals surface area contributed by atoms with Crippen LogP contribution in [-0.2, 0) is 6.42 Å². The van der Waals surface area contributed by atoms with Gasteiger partial charge in [-0.25, -0.2) is 9.37 Å². The van der Waals surface area contributed by atoms with Crippen LogP contribution in [0.2, 0.25) is 5.02 Å². The topological polar surface area (TPSA) is 65.2 Å². The van der Waals surface area contributed by atoms with Crippen molar-refractivity contribution >= 4 is 44.6 Å². The van der Waals surface area contributed by atoms with Gasteiger partial charge < -0.3 is 10.5 Å². The first-order valence-corrected chi connectivity index (χ1v) is 9.96. The number of Topliss-reactive ketones (excluding diaryl/α,β-unsaturated/α-hetero) is 1. The van der Waals surface area contributed by atoms with Gasteiger partial charge in [-0.1, -0.05) is 29.8 Å². The molecular formula is C22H16ClFN2O2S. The van der Waals surface area contributed by atoms with Crippen molar-refractivity contribution in [1.29, 1.82) is 0 Å². The van der Waals surface area contributed by atoms with E-state index in [1.807, 2.05) is 36.4 Å². The number of benzene rings is 2. The number of carbonyl (C=O) groups excluding carboxylic acids is 1. The van der Waals surface area contributed by atoms with Crippen LogP contribution >= 0.6 is 22.9 Å². The predicted octanol–water partition coefficient (Wildman–Crippen LogP) is 5.77. The highest BCUT2D eigenvalue weighted by atomic mass is 35.5. The summed E-state index contributed by atoms with van der Waals surface area (Å²) in [5, 5.41) is 0.951. The van der Waals surface area contributed by atoms with Crippen LogP contribution in [0.25, 0.3) is 21.5 Å². The third-order valence-electron chi connectivity index (χ3n) is 4.58. The zero-order valence-electron chi connectivity index (χ0n) is 15.4. The lowest BCUT2D eigenvalue weighted by Crippen LogP contribution is -2.04. The molecule has 0 spiro atoms. The second-order valence-electron chi connectivity index (χ2n) is 6.46. The van der Waals surface area contributed by atoms with Gasteiger partial charge in [-0.3, -0.25) is 4.79 Å². The van der Waals surface area contributed by atoms with E-state index in [-0.39, 0.29) is 17.2 Å². The van der Waals surface area contributed by atoms with Crippen molar-refractivity contribution in [2.45, 2.75) is 6.42 Å². The Morgan fingerprint density at radius 1 is 1.21 bits per heavy atom. The number of fused-ring (bicyclic) bond motifs is 1. The molecule has 146 valence electrons. The molecule has 2 N–H and O–H groups in total. The number of ketones is 1. The molecule has 2 heterocycles. The van der Waals surface area contributed by atoms with Gasteiger partial charge in [0.2, 0.25) is 0 Å². The van der Waals surface area contributed by atoms with Crippen molar-refractivity contribution in [3.63, 3.8) is 0 Å². The van der Waals surface area contributed by atoms with Crippen LogP contribution in [0.5, 0.6) is 5.75 Å². The summed E-state index contributed by atoms with van der Waals surface area (Å²) in [5.41, 5.74) is 8.85. The molecule has 4 nitrogen and oxygen atoms in total. The molecule has 0 saturated carbocycles. The lowest BCUT2D eigenvalue weighted by molar-refractivity contribution is 0.0997. The summed E-state index contributed by atoms with van der Waals surface area (Å²) >= 11 is 7.30. The van der Waals surface area contributed by atoms with Gasteiger partial charge in [-0.05, 0) is 42.0 Å². The van der Waals surface area contributed by atoms with E-state index in [2.05, 4.69) is 4.98 Å². The van der Waals surface area contributed by atoms with Crippen molar-refractivity contribution in [3.05, 3.63) is 75.9 Å². The average molecular weight is 427 g/mol. The SMILES string of the molecule is COc1cccc(-c2ccc3c(N)c(C(=O)Cc4ccc(F)cc4Cl)sc3n2)c1. The fourth-order valence-electron chi connectivity index (χ4n) is 3.07. The molecule has 2 aromatic carbocycles. The Bertz CT molecular complexity index is 1240. The number of hydrogen-bond donors (Lipinski definition) is 1. The van der Waals surface area contributed by atoms with Gasteiger partial charge in [-0.15, -0.1) is 11.3 Å². The number of carbonyl (C=O) groups is 1. The molecule has 0 saturated heterocycles. The molecule has 2 aromatic heterocycles. The number of aromatic nitrogens is 1. The lowest BCUT2D eigenvalue weighted by Gasteiger charge is -2.04. The summed E-state index contributed by atoms with van der Waals surface area (Å²) < 4.78 is 18.5. The molecule has 0 atom stereocenters. The summed E-state index contributed by atoms with van der Waals surface area (Å²) in [5.74, 6) is 0.117. The fourth-order valence-corrected chi connectivity index (χ4v) is 4.33. The Morgan fingerprint density at radius 2 is 2.03 bits per heavy atom. The van der Waals surface area contributed by atoms with Crippen molar-refractivity contribution in [1.82, 2.24) is 4.98 Å². The molecule has 0 fully saturated rings. The second kappa shape index (κ2) is 7.81. The molecule has 0 aliphatic heterocycles. The Balaban J connectivity index is 1.68. The van der Waals surface area contributed by atoms with Crippen LogP contribution in [-0.4, -0.2) is 17.9 Å². The Labute approximate surface area is 175 Å². The molecule has 0 aliphatic carbocycles. The number of ether oxygens (including phenoxy) is 1. The molecule has 0 radical (unpaired) electrons. The molecule has 4 rings (SSSR count). The maximum atomic E-state index is 13.2. The van der Waals surface area contributed by atoms with Crippen LogP contribution in [0.4, 0.5) is 10.1 Å². The average Bonchev–Trinajstić information content (AvgIpc) is 3.06. The predicted molar refractivity (Wildman–Crippen MR) is 115 cm³/mol. The highest BCUT2D eigenvalue weighted by molar-refractivity contribution is 7.21. The zero-order chi connectivity index (χ0) is 20.5. The molecular weight excluding hydrogens is 411 g/mol. The number of methoxy groups -OCH3 is 1. The summed E-state index contributed by atoms with van der Waals surface area (Å²) in [6.45, 7) is 0. The number of nitrogen functional groups attached to an aromatic ring is 1. The standard InChI is InChI=1S/C22H16ClFN2O2S/c1-28-15-4-2-3-13(9-15)18-8-7-16-20(25)21(29-22(16)26-18)19(27)10-12-5-6-14(24)11-17(12)23/h2-9,11H,10,25H2,1H3. The van der Waals surface area contributed by atoms with Crippen molar-refractivity contribution in [3.8, 4) is 17.0 Å². The molecule has 0 unspecified atom stereocenters. The van der Waals surface area contributed by atoms with Gasteiger partial charge in [-0.2, -0.15) is 0 Å². The molecule has 29 heavy (non-hydrogen) atoms. The molecule has 4 aromatic rings. The van der Waals surface area contributed by atoms with Gasteiger partial charge in [0.05, 0.1) is 23.4 Å². The van der Waals surface area contributed by atoms with E-state index in [1.165, 1.54) is 29.5 Å². The molecule has 0 bridgehead atoms. The number of nitrogens with two attached hydrogens (primary N) is 1. The van der Waals surface area contributed by atoms with Gasteiger partial charge in [0.15, 0.2) is 5.78 Å². The van der Waals surface area contributed by atoms with Crippen molar-refractivity contribution in [2.24, 2.45) is 0 Å². The quantitative estimate of drug-likeness (QED) is 0.411. The zero-order valence-corrected chi connectivity index (χ0v) is 17.0. The van der Waals surface area contributed by atoms with E-state index < -0.39 is 5.82 Å². The summed E-state index contributed by atoms with van der Waals surface area (Å²) in [7, 11) is 1.61. The van der Waals surface area contributed by atoms with E-state index >= 15 is 0 Å².